The lowest BCUT2D eigenvalue weighted by Crippen LogP contribution is -2.45. The Hall–Kier alpha value is -4.79. The number of ether oxygens (including phenoxy) is 2. The minimum absolute atomic E-state index is 0.0913. The number of amides is 2. The lowest BCUT2D eigenvalue weighted by Gasteiger charge is -2.34. The number of esters is 1. The Kier molecular flexibility index (Phi) is 5.56. The van der Waals surface area contributed by atoms with Crippen LogP contribution in [0.2, 0.25) is 0 Å². The zero-order valence-electron chi connectivity index (χ0n) is 20.6. The highest BCUT2D eigenvalue weighted by molar-refractivity contribution is 6.26. The molecule has 2 saturated heterocycles. The summed E-state index contributed by atoms with van der Waals surface area (Å²) in [7, 11) is 2.77. The fourth-order valence-electron chi connectivity index (χ4n) is 5.78. The molecule has 0 radical (unpaired) electrons. The summed E-state index contributed by atoms with van der Waals surface area (Å²) in [6.07, 6.45) is 1.65. The predicted octanol–water partition coefficient (Wildman–Crippen LogP) is 3.24. The maximum absolute atomic E-state index is 14.1. The lowest BCUT2D eigenvalue weighted by molar-refractivity contribution is -0.124. The van der Waals surface area contributed by atoms with Crippen LogP contribution < -0.4 is 9.64 Å². The number of nitrogens with zero attached hydrogens (tertiary/aromatic N) is 3. The summed E-state index contributed by atoms with van der Waals surface area (Å²) in [5.74, 6) is -3.32. The van der Waals surface area contributed by atoms with Gasteiger partial charge in [0, 0.05) is 5.56 Å². The molecule has 9 nitrogen and oxygen atoms in total. The van der Waals surface area contributed by atoms with Crippen molar-refractivity contribution in [3.63, 3.8) is 0 Å². The van der Waals surface area contributed by atoms with E-state index in [4.69, 9.17) is 9.47 Å². The van der Waals surface area contributed by atoms with Gasteiger partial charge in [-0.3, -0.25) is 19.4 Å². The molecule has 38 heavy (non-hydrogen) atoms. The van der Waals surface area contributed by atoms with E-state index in [-0.39, 0.29) is 17.0 Å². The van der Waals surface area contributed by atoms with Crippen molar-refractivity contribution >= 4 is 35.5 Å². The molecule has 0 aromatic heterocycles. The Labute approximate surface area is 218 Å². The second kappa shape index (κ2) is 8.95. The number of ketones is 1. The number of hydrazone groups is 1. The Bertz CT molecular complexity index is 1510. The van der Waals surface area contributed by atoms with Gasteiger partial charge in [-0.05, 0) is 47.5 Å². The van der Waals surface area contributed by atoms with Crippen molar-refractivity contribution in [2.24, 2.45) is 16.9 Å². The van der Waals surface area contributed by atoms with Crippen LogP contribution >= 0.6 is 0 Å². The molecule has 1 unspecified atom stereocenters. The number of hydrogen-bond donors (Lipinski definition) is 0. The Morgan fingerprint density at radius 3 is 2.26 bits per heavy atom. The first-order chi connectivity index (χ1) is 18.5. The van der Waals surface area contributed by atoms with Gasteiger partial charge in [-0.2, -0.15) is 5.10 Å². The molecule has 190 valence electrons. The number of Topliss-reactive ketones (excluding diaryl/α,β-unsaturated/α-hetero) is 1. The molecular weight excluding hydrogens is 486 g/mol. The van der Waals surface area contributed by atoms with E-state index < -0.39 is 41.7 Å². The van der Waals surface area contributed by atoms with Crippen molar-refractivity contribution in [2.45, 2.75) is 12.1 Å². The molecule has 9 heteroatoms. The van der Waals surface area contributed by atoms with Gasteiger partial charge < -0.3 is 9.47 Å². The molecule has 3 aromatic carbocycles. The monoisotopic (exact) mass is 509 g/mol. The topological polar surface area (TPSA) is 106 Å². The molecule has 3 aliphatic rings. The number of para-hydroxylation sites is 1. The SMILES string of the molecule is COC(=O)c1ccccc1N1C(=O)[C@H]2[C@@H](C1=O)C1c3ccccc3C=NN1[C@H]2C(=O)c1ccc(OC)cc1. The summed E-state index contributed by atoms with van der Waals surface area (Å²) in [5, 5.41) is 6.17. The Morgan fingerprint density at radius 2 is 1.53 bits per heavy atom. The molecule has 0 bridgehead atoms. The second-order valence-electron chi connectivity index (χ2n) is 9.31. The Balaban J connectivity index is 1.49. The zero-order chi connectivity index (χ0) is 26.6. The van der Waals surface area contributed by atoms with E-state index in [2.05, 4.69) is 5.10 Å². The molecule has 0 aliphatic carbocycles. The van der Waals surface area contributed by atoms with Crippen molar-refractivity contribution in [2.75, 3.05) is 19.1 Å². The van der Waals surface area contributed by atoms with E-state index in [9.17, 15) is 19.2 Å². The molecule has 2 amide bonds. The fraction of sp³-hybridized carbons (Fsp3) is 0.207. The highest BCUT2D eigenvalue weighted by Crippen LogP contribution is 2.53. The number of fused-ring (bicyclic) bond motifs is 5. The van der Waals surface area contributed by atoms with Crippen molar-refractivity contribution in [3.8, 4) is 5.75 Å². The smallest absolute Gasteiger partial charge is 0.339 e. The van der Waals surface area contributed by atoms with Crippen LogP contribution in [0, 0.1) is 11.8 Å². The molecule has 3 aromatic rings. The van der Waals surface area contributed by atoms with Crippen LogP contribution in [0.1, 0.15) is 37.9 Å². The summed E-state index contributed by atoms with van der Waals surface area (Å²) in [6, 6.07) is 18.8. The minimum Gasteiger partial charge on any atom is -0.497 e. The first-order valence-electron chi connectivity index (χ1n) is 12.1. The zero-order valence-corrected chi connectivity index (χ0v) is 20.6. The Morgan fingerprint density at radius 1 is 0.842 bits per heavy atom. The second-order valence-corrected chi connectivity index (χ2v) is 9.31. The van der Waals surface area contributed by atoms with Gasteiger partial charge in [0.05, 0.1) is 49.6 Å². The molecule has 0 N–H and O–H groups in total. The maximum atomic E-state index is 14.1. The highest BCUT2D eigenvalue weighted by atomic mass is 16.5. The summed E-state index contributed by atoms with van der Waals surface area (Å²) < 4.78 is 10.1. The van der Waals surface area contributed by atoms with Gasteiger partial charge in [-0.1, -0.05) is 36.4 Å². The summed E-state index contributed by atoms with van der Waals surface area (Å²) in [4.78, 5) is 55.6. The van der Waals surface area contributed by atoms with E-state index in [0.717, 1.165) is 16.0 Å². The van der Waals surface area contributed by atoms with E-state index in [1.165, 1.54) is 26.4 Å². The predicted molar refractivity (Wildman–Crippen MR) is 137 cm³/mol. The number of carbonyl (C=O) groups excluding carboxylic acids is 4. The van der Waals surface area contributed by atoms with E-state index >= 15 is 0 Å². The number of carbonyl (C=O) groups is 4. The van der Waals surface area contributed by atoms with Crippen LogP contribution in [-0.4, -0.2) is 55.1 Å². The largest absolute Gasteiger partial charge is 0.497 e. The van der Waals surface area contributed by atoms with E-state index in [0.29, 0.717) is 11.3 Å². The molecular formula is C29H23N3O6. The van der Waals surface area contributed by atoms with Crippen molar-refractivity contribution in [3.05, 3.63) is 95.1 Å². The number of rotatable bonds is 5. The average Bonchev–Trinajstić information content (AvgIpc) is 3.44. The number of imide groups is 1. The third kappa shape index (κ3) is 3.35. The van der Waals surface area contributed by atoms with Crippen LogP contribution in [0.5, 0.6) is 5.75 Å². The van der Waals surface area contributed by atoms with Crippen LogP contribution in [0.15, 0.2) is 77.9 Å². The molecule has 0 saturated carbocycles. The average molecular weight is 510 g/mol. The number of anilines is 1. The van der Waals surface area contributed by atoms with Gasteiger partial charge in [0.2, 0.25) is 11.8 Å². The summed E-state index contributed by atoms with van der Waals surface area (Å²) >= 11 is 0. The third-order valence-electron chi connectivity index (χ3n) is 7.49. The van der Waals surface area contributed by atoms with Crippen LogP contribution in [0.25, 0.3) is 0 Å². The minimum atomic E-state index is -1.02. The van der Waals surface area contributed by atoms with Gasteiger partial charge >= 0.3 is 5.97 Å². The normalized spacial score (nSPS) is 23.1. The van der Waals surface area contributed by atoms with Crippen LogP contribution in [0.4, 0.5) is 5.69 Å². The van der Waals surface area contributed by atoms with Crippen molar-refractivity contribution < 1.29 is 28.7 Å². The molecule has 3 aliphatic heterocycles. The number of benzene rings is 3. The van der Waals surface area contributed by atoms with E-state index in [1.54, 1.807) is 47.6 Å². The lowest BCUT2D eigenvalue weighted by atomic mass is 9.83. The molecule has 6 rings (SSSR count). The quantitative estimate of drug-likeness (QED) is 0.295. The third-order valence-corrected chi connectivity index (χ3v) is 7.49. The van der Waals surface area contributed by atoms with Gasteiger partial charge in [0.15, 0.2) is 5.78 Å². The summed E-state index contributed by atoms with van der Waals surface area (Å²) in [5.41, 5.74) is 2.23. The van der Waals surface area contributed by atoms with Crippen molar-refractivity contribution in [1.82, 2.24) is 5.01 Å². The van der Waals surface area contributed by atoms with Crippen LogP contribution in [0.3, 0.4) is 0 Å². The van der Waals surface area contributed by atoms with E-state index in [1.807, 2.05) is 24.3 Å². The molecule has 3 heterocycles. The first kappa shape index (κ1) is 23.6. The van der Waals surface area contributed by atoms with Gasteiger partial charge in [-0.15, -0.1) is 0 Å². The molecule has 4 atom stereocenters. The highest BCUT2D eigenvalue weighted by Gasteiger charge is 2.65. The number of methoxy groups -OCH3 is 2. The molecule has 0 spiro atoms. The van der Waals surface area contributed by atoms with Crippen molar-refractivity contribution in [1.29, 1.82) is 0 Å². The van der Waals surface area contributed by atoms with Gasteiger partial charge in [0.25, 0.3) is 0 Å². The fourth-order valence-corrected chi connectivity index (χ4v) is 5.78. The molecule has 2 fully saturated rings. The standard InChI is InChI=1S/C29H23N3O6/c1-37-18-13-11-16(12-14-18)26(33)25-23-22(24-19-8-4-3-7-17(19)15-30-32(24)25)27(34)31(28(23)35)21-10-6-5-9-20(21)29(36)38-2/h3-15,22-25H,1-2H3/t22-,23+,24?,25-/m1/s1. The van der Waals surface area contributed by atoms with Gasteiger partial charge in [-0.25, -0.2) is 9.69 Å². The first-order valence-corrected chi connectivity index (χ1v) is 12.1. The number of hydrogen-bond acceptors (Lipinski definition) is 8. The maximum Gasteiger partial charge on any atom is 0.339 e. The summed E-state index contributed by atoms with van der Waals surface area (Å²) in [6.45, 7) is 0. The van der Waals surface area contributed by atoms with Crippen LogP contribution in [-0.2, 0) is 14.3 Å². The van der Waals surface area contributed by atoms with Gasteiger partial charge in [0.1, 0.15) is 11.8 Å².